The van der Waals surface area contributed by atoms with Crippen LogP contribution < -0.4 is 20.3 Å². The molecular formula is C22H24BrN3O5. The Balaban J connectivity index is 1.50. The fraction of sp³-hybridized carbons (Fsp3) is 0.318. The first-order valence-electron chi connectivity index (χ1n) is 9.86. The van der Waals surface area contributed by atoms with Crippen molar-refractivity contribution in [3.63, 3.8) is 0 Å². The molecule has 31 heavy (non-hydrogen) atoms. The maximum absolute atomic E-state index is 12.3. The summed E-state index contributed by atoms with van der Waals surface area (Å²) in [6, 6.07) is 14.0. The highest BCUT2D eigenvalue weighted by Crippen LogP contribution is 2.27. The summed E-state index contributed by atoms with van der Waals surface area (Å²) in [6.45, 7) is 1.87. The minimum absolute atomic E-state index is 0.125. The van der Waals surface area contributed by atoms with E-state index in [1.54, 1.807) is 48.2 Å². The number of anilines is 2. The van der Waals surface area contributed by atoms with E-state index in [1.807, 2.05) is 12.1 Å². The summed E-state index contributed by atoms with van der Waals surface area (Å²) in [5, 5.41) is 14.7. The Morgan fingerprint density at radius 2 is 1.87 bits per heavy atom. The number of benzene rings is 2. The molecule has 0 radical (unpaired) electrons. The lowest BCUT2D eigenvalue weighted by Crippen LogP contribution is -2.36. The van der Waals surface area contributed by atoms with Gasteiger partial charge in [0, 0.05) is 35.4 Å². The van der Waals surface area contributed by atoms with E-state index >= 15 is 0 Å². The van der Waals surface area contributed by atoms with Gasteiger partial charge in [-0.2, -0.15) is 0 Å². The van der Waals surface area contributed by atoms with Crippen LogP contribution in [0.3, 0.4) is 0 Å². The van der Waals surface area contributed by atoms with E-state index in [1.165, 1.54) is 0 Å². The minimum atomic E-state index is -0.637. The van der Waals surface area contributed by atoms with Crippen molar-refractivity contribution >= 4 is 45.0 Å². The number of carbonyl (C=O) groups is 3. The lowest BCUT2D eigenvalue weighted by Gasteiger charge is -2.17. The van der Waals surface area contributed by atoms with Crippen LogP contribution in [0.1, 0.15) is 13.3 Å². The van der Waals surface area contributed by atoms with Gasteiger partial charge in [-0.15, -0.1) is 0 Å². The summed E-state index contributed by atoms with van der Waals surface area (Å²) in [7, 11) is 0. The molecule has 0 spiro atoms. The zero-order chi connectivity index (χ0) is 22.4. The third kappa shape index (κ3) is 6.53. The first-order valence-corrected chi connectivity index (χ1v) is 10.7. The Hall–Kier alpha value is -2.91. The number of hydrogen-bond donors (Lipinski definition) is 3. The largest absolute Gasteiger partial charge is 0.484 e. The maximum Gasteiger partial charge on any atom is 0.262 e. The predicted octanol–water partition coefficient (Wildman–Crippen LogP) is 2.32. The second-order valence-corrected chi connectivity index (χ2v) is 8.25. The third-order valence-electron chi connectivity index (χ3n) is 4.71. The smallest absolute Gasteiger partial charge is 0.262 e. The number of aliphatic hydroxyl groups excluding tert-OH is 1. The maximum atomic E-state index is 12.3. The number of carbonyl (C=O) groups excluding carboxylic acids is 3. The molecule has 164 valence electrons. The van der Waals surface area contributed by atoms with Crippen LogP contribution in [0.5, 0.6) is 5.75 Å². The third-order valence-corrected chi connectivity index (χ3v) is 5.24. The Bertz CT molecular complexity index is 931. The summed E-state index contributed by atoms with van der Waals surface area (Å²) >= 11 is 3.34. The highest BCUT2D eigenvalue weighted by Gasteiger charge is 2.35. The fourth-order valence-corrected chi connectivity index (χ4v) is 3.39. The van der Waals surface area contributed by atoms with Gasteiger partial charge < -0.3 is 25.4 Å². The molecule has 0 unspecified atom stereocenters. The van der Waals surface area contributed by atoms with Gasteiger partial charge in [-0.25, -0.2) is 0 Å². The number of nitrogens with one attached hydrogen (secondary N) is 2. The number of ether oxygens (including phenoxy) is 1. The second-order valence-electron chi connectivity index (χ2n) is 7.34. The molecule has 3 rings (SSSR count). The summed E-state index contributed by atoms with van der Waals surface area (Å²) < 4.78 is 6.43. The van der Waals surface area contributed by atoms with Crippen LogP contribution in [0.4, 0.5) is 11.4 Å². The van der Waals surface area contributed by atoms with Gasteiger partial charge >= 0.3 is 0 Å². The fourth-order valence-electron chi connectivity index (χ4n) is 3.13. The van der Waals surface area contributed by atoms with Gasteiger partial charge in [0.05, 0.1) is 12.0 Å². The van der Waals surface area contributed by atoms with Crippen LogP contribution in [0, 0.1) is 5.92 Å². The minimum Gasteiger partial charge on any atom is -0.484 e. The number of halogens is 1. The average molecular weight is 490 g/mol. The van der Waals surface area contributed by atoms with Crippen molar-refractivity contribution in [1.82, 2.24) is 5.32 Å². The van der Waals surface area contributed by atoms with E-state index in [4.69, 9.17) is 4.74 Å². The molecule has 0 saturated carbocycles. The van der Waals surface area contributed by atoms with Gasteiger partial charge in [0.1, 0.15) is 5.75 Å². The number of hydrogen-bond acceptors (Lipinski definition) is 5. The van der Waals surface area contributed by atoms with Crippen molar-refractivity contribution in [3.05, 3.63) is 53.0 Å². The quantitative estimate of drug-likeness (QED) is 0.527. The van der Waals surface area contributed by atoms with Crippen molar-refractivity contribution in [2.75, 3.05) is 29.9 Å². The van der Waals surface area contributed by atoms with E-state index in [2.05, 4.69) is 26.6 Å². The Morgan fingerprint density at radius 3 is 2.52 bits per heavy atom. The molecule has 1 aliphatic rings. The van der Waals surface area contributed by atoms with Crippen LogP contribution in [-0.4, -0.2) is 48.6 Å². The molecule has 2 aromatic carbocycles. The monoisotopic (exact) mass is 489 g/mol. The van der Waals surface area contributed by atoms with Gasteiger partial charge in [-0.1, -0.05) is 15.9 Å². The highest BCUT2D eigenvalue weighted by molar-refractivity contribution is 9.10. The number of nitrogens with zero attached hydrogens (tertiary/aromatic N) is 1. The van der Waals surface area contributed by atoms with E-state index in [-0.39, 0.29) is 43.8 Å². The molecule has 1 saturated heterocycles. The van der Waals surface area contributed by atoms with Gasteiger partial charge in [-0.05, 0) is 55.5 Å². The van der Waals surface area contributed by atoms with Crippen molar-refractivity contribution in [1.29, 1.82) is 0 Å². The average Bonchev–Trinajstić information content (AvgIpc) is 3.14. The Labute approximate surface area is 188 Å². The topological polar surface area (TPSA) is 108 Å². The van der Waals surface area contributed by atoms with Crippen LogP contribution in [-0.2, 0) is 14.4 Å². The zero-order valence-electron chi connectivity index (χ0n) is 17.0. The molecule has 0 aromatic heterocycles. The molecule has 0 bridgehead atoms. The zero-order valence-corrected chi connectivity index (χ0v) is 18.6. The molecular weight excluding hydrogens is 466 g/mol. The SMILES string of the molecule is C[C@@H](O)CNC(=O)[C@@H]1CC(=O)N(c2ccc(OCC(=O)Nc3ccc(Br)cc3)cc2)C1. The molecule has 0 aliphatic carbocycles. The first kappa shape index (κ1) is 22.8. The lowest BCUT2D eigenvalue weighted by atomic mass is 10.1. The standard InChI is InChI=1S/C22H24BrN3O5/c1-14(27)11-24-22(30)15-10-21(29)26(12-15)18-6-8-19(9-7-18)31-13-20(28)25-17-4-2-16(23)3-5-17/h2-9,14-15,27H,10-13H2,1H3,(H,24,30)(H,25,28)/t14-,15-/m1/s1. The van der Waals surface area contributed by atoms with E-state index in [0.717, 1.165) is 4.47 Å². The van der Waals surface area contributed by atoms with Crippen molar-refractivity contribution in [3.8, 4) is 5.75 Å². The molecule has 1 aliphatic heterocycles. The van der Waals surface area contributed by atoms with Gasteiger partial charge in [0.25, 0.3) is 5.91 Å². The first-order chi connectivity index (χ1) is 14.8. The number of rotatable bonds is 8. The molecule has 1 fully saturated rings. The Kier molecular flexibility index (Phi) is 7.64. The van der Waals surface area contributed by atoms with Gasteiger partial charge in [0.2, 0.25) is 11.8 Å². The van der Waals surface area contributed by atoms with Gasteiger partial charge in [0.15, 0.2) is 6.61 Å². The second kappa shape index (κ2) is 10.4. The number of amides is 3. The molecule has 2 atom stereocenters. The van der Waals surface area contributed by atoms with E-state index in [0.29, 0.717) is 17.1 Å². The van der Waals surface area contributed by atoms with Crippen LogP contribution in [0.25, 0.3) is 0 Å². The van der Waals surface area contributed by atoms with Gasteiger partial charge in [-0.3, -0.25) is 14.4 Å². The molecule has 8 nitrogen and oxygen atoms in total. The molecule has 3 N–H and O–H groups in total. The van der Waals surface area contributed by atoms with E-state index in [9.17, 15) is 19.5 Å². The van der Waals surface area contributed by atoms with Crippen LogP contribution >= 0.6 is 15.9 Å². The predicted molar refractivity (Wildman–Crippen MR) is 120 cm³/mol. The lowest BCUT2D eigenvalue weighted by molar-refractivity contribution is -0.126. The van der Waals surface area contributed by atoms with Crippen molar-refractivity contribution in [2.24, 2.45) is 5.92 Å². The number of aliphatic hydroxyl groups is 1. The van der Waals surface area contributed by atoms with Crippen LogP contribution in [0.15, 0.2) is 53.0 Å². The molecule has 1 heterocycles. The summed E-state index contributed by atoms with van der Waals surface area (Å²) in [4.78, 5) is 38.1. The summed E-state index contributed by atoms with van der Waals surface area (Å²) in [5.74, 6) is -0.627. The van der Waals surface area contributed by atoms with E-state index < -0.39 is 12.0 Å². The molecule has 9 heteroatoms. The highest BCUT2D eigenvalue weighted by atomic mass is 79.9. The summed E-state index contributed by atoms with van der Waals surface area (Å²) in [6.07, 6.45) is -0.512. The molecule has 3 amide bonds. The van der Waals surface area contributed by atoms with Crippen molar-refractivity contribution < 1.29 is 24.2 Å². The normalized spacial score (nSPS) is 16.7. The summed E-state index contributed by atoms with van der Waals surface area (Å²) in [5.41, 5.74) is 1.33. The van der Waals surface area contributed by atoms with Crippen molar-refractivity contribution in [2.45, 2.75) is 19.4 Å². The Morgan fingerprint density at radius 1 is 1.19 bits per heavy atom. The molecule has 2 aromatic rings. The van der Waals surface area contributed by atoms with Crippen LogP contribution in [0.2, 0.25) is 0 Å².